The quantitative estimate of drug-likeness (QED) is 0.589. The molecule has 4 unspecified atom stereocenters. The standard InChI is InChI=1S/C18H29N5O.ClH/c1-13(23(2)12-14-6-4-3-5-7-14)10-20-18(24)17-15-11-19-9-8-16(15)21-22-17;/h3-7,13,15-17,19,21-22H,8-12H2,1-2H3,(H,20,24);1H. The molecule has 4 N–H and O–H groups in total. The van der Waals surface area contributed by atoms with E-state index in [0.717, 1.165) is 26.1 Å². The van der Waals surface area contributed by atoms with Gasteiger partial charge in [0.05, 0.1) is 0 Å². The lowest BCUT2D eigenvalue weighted by molar-refractivity contribution is -0.124. The Bertz CT molecular complexity index is 544. The van der Waals surface area contributed by atoms with Gasteiger partial charge < -0.3 is 10.6 Å². The van der Waals surface area contributed by atoms with Crippen molar-refractivity contribution in [3.8, 4) is 0 Å². The maximum atomic E-state index is 12.5. The van der Waals surface area contributed by atoms with Crippen LogP contribution in [0.5, 0.6) is 0 Å². The number of hydrazine groups is 1. The molecule has 2 saturated heterocycles. The minimum Gasteiger partial charge on any atom is -0.353 e. The van der Waals surface area contributed by atoms with E-state index in [4.69, 9.17) is 0 Å². The molecule has 0 spiro atoms. The molecule has 2 fully saturated rings. The summed E-state index contributed by atoms with van der Waals surface area (Å²) >= 11 is 0. The molecule has 0 bridgehead atoms. The van der Waals surface area contributed by atoms with Gasteiger partial charge in [-0.05, 0) is 32.5 Å². The minimum atomic E-state index is -0.144. The zero-order valence-electron chi connectivity index (χ0n) is 15.0. The molecule has 25 heavy (non-hydrogen) atoms. The lowest BCUT2D eigenvalue weighted by Gasteiger charge is -2.28. The molecule has 2 aliphatic heterocycles. The molecular weight excluding hydrogens is 338 g/mol. The van der Waals surface area contributed by atoms with Gasteiger partial charge in [0.15, 0.2) is 0 Å². The number of fused-ring (bicyclic) bond motifs is 1. The number of hydrogen-bond donors (Lipinski definition) is 4. The topological polar surface area (TPSA) is 68.4 Å². The van der Waals surface area contributed by atoms with Crippen LogP contribution in [0.25, 0.3) is 0 Å². The van der Waals surface area contributed by atoms with Crippen molar-refractivity contribution in [3.05, 3.63) is 35.9 Å². The Morgan fingerprint density at radius 2 is 2.08 bits per heavy atom. The maximum absolute atomic E-state index is 12.5. The monoisotopic (exact) mass is 367 g/mol. The fourth-order valence-corrected chi connectivity index (χ4v) is 3.52. The van der Waals surface area contributed by atoms with E-state index in [1.165, 1.54) is 5.56 Å². The van der Waals surface area contributed by atoms with E-state index in [-0.39, 0.29) is 30.4 Å². The van der Waals surface area contributed by atoms with Gasteiger partial charge in [-0.25, -0.2) is 5.43 Å². The summed E-state index contributed by atoms with van der Waals surface area (Å²) in [4.78, 5) is 14.8. The third-order valence-electron chi connectivity index (χ3n) is 5.26. The van der Waals surface area contributed by atoms with Gasteiger partial charge in [-0.2, -0.15) is 0 Å². The van der Waals surface area contributed by atoms with E-state index in [1.54, 1.807) is 0 Å². The lowest BCUT2D eigenvalue weighted by atomic mass is 9.89. The summed E-state index contributed by atoms with van der Waals surface area (Å²) in [7, 11) is 2.10. The highest BCUT2D eigenvalue weighted by Crippen LogP contribution is 2.20. The lowest BCUT2D eigenvalue weighted by Crippen LogP contribution is -2.51. The van der Waals surface area contributed by atoms with Crippen LogP contribution in [0.4, 0.5) is 0 Å². The fraction of sp³-hybridized carbons (Fsp3) is 0.611. The van der Waals surface area contributed by atoms with E-state index in [0.29, 0.717) is 18.5 Å². The first-order valence-corrected chi connectivity index (χ1v) is 8.89. The van der Waals surface area contributed by atoms with Crippen LogP contribution < -0.4 is 21.5 Å². The van der Waals surface area contributed by atoms with Crippen LogP contribution in [0, 0.1) is 5.92 Å². The van der Waals surface area contributed by atoms with Crippen molar-refractivity contribution in [3.63, 3.8) is 0 Å². The number of hydrogen-bond acceptors (Lipinski definition) is 5. The molecule has 2 aliphatic rings. The number of rotatable bonds is 6. The Kier molecular flexibility index (Phi) is 7.65. The first-order chi connectivity index (χ1) is 11.6. The second kappa shape index (κ2) is 9.50. The van der Waals surface area contributed by atoms with Gasteiger partial charge in [-0.3, -0.25) is 15.1 Å². The number of amides is 1. The summed E-state index contributed by atoms with van der Waals surface area (Å²) in [5.74, 6) is 0.426. The highest BCUT2D eigenvalue weighted by atomic mass is 35.5. The normalized spacial score (nSPS) is 26.6. The van der Waals surface area contributed by atoms with Gasteiger partial charge in [0, 0.05) is 37.6 Å². The number of likely N-dealkylation sites (N-methyl/N-ethyl adjacent to an activating group) is 1. The predicted molar refractivity (Wildman–Crippen MR) is 102 cm³/mol. The third-order valence-corrected chi connectivity index (χ3v) is 5.26. The number of halogens is 1. The smallest absolute Gasteiger partial charge is 0.238 e. The Morgan fingerprint density at radius 3 is 2.84 bits per heavy atom. The van der Waals surface area contributed by atoms with Gasteiger partial charge in [-0.1, -0.05) is 30.3 Å². The van der Waals surface area contributed by atoms with E-state index in [9.17, 15) is 4.79 Å². The first kappa shape index (κ1) is 20.1. The first-order valence-electron chi connectivity index (χ1n) is 8.89. The summed E-state index contributed by atoms with van der Waals surface area (Å²) in [6.07, 6.45) is 1.07. The Hall–Kier alpha value is -1.18. The molecule has 1 aromatic carbocycles. The van der Waals surface area contributed by atoms with E-state index in [1.807, 2.05) is 6.07 Å². The molecule has 140 valence electrons. The van der Waals surface area contributed by atoms with Crippen molar-refractivity contribution in [2.45, 2.75) is 38.0 Å². The predicted octanol–water partition coefficient (Wildman–Crippen LogP) is 0.499. The molecular formula is C18H30ClN5O. The second-order valence-electron chi connectivity index (χ2n) is 7.02. The average Bonchev–Trinajstić information content (AvgIpc) is 3.04. The van der Waals surface area contributed by atoms with Crippen molar-refractivity contribution < 1.29 is 4.79 Å². The molecule has 2 heterocycles. The van der Waals surface area contributed by atoms with Gasteiger partial charge in [0.2, 0.25) is 5.91 Å². The van der Waals surface area contributed by atoms with Crippen molar-refractivity contribution in [1.29, 1.82) is 0 Å². The Balaban J connectivity index is 0.00000225. The molecule has 1 aromatic rings. The third kappa shape index (κ3) is 5.15. The van der Waals surface area contributed by atoms with Gasteiger partial charge >= 0.3 is 0 Å². The van der Waals surface area contributed by atoms with Crippen LogP contribution in [0.3, 0.4) is 0 Å². The summed E-state index contributed by atoms with van der Waals surface area (Å²) in [6.45, 7) is 5.60. The molecule has 4 atom stereocenters. The van der Waals surface area contributed by atoms with Gasteiger partial charge in [-0.15, -0.1) is 12.4 Å². The van der Waals surface area contributed by atoms with Crippen LogP contribution in [-0.4, -0.2) is 55.6 Å². The minimum absolute atomic E-state index is 0. The number of piperidine rings is 1. The average molecular weight is 368 g/mol. The van der Waals surface area contributed by atoms with Crippen LogP contribution in [0.15, 0.2) is 30.3 Å². The second-order valence-corrected chi connectivity index (χ2v) is 7.02. The van der Waals surface area contributed by atoms with E-state index in [2.05, 4.69) is 64.6 Å². The fourth-order valence-electron chi connectivity index (χ4n) is 3.52. The number of carbonyl (C=O) groups is 1. The van der Waals surface area contributed by atoms with Gasteiger partial charge in [0.1, 0.15) is 6.04 Å². The molecule has 7 heteroatoms. The van der Waals surface area contributed by atoms with E-state index >= 15 is 0 Å². The van der Waals surface area contributed by atoms with Crippen molar-refractivity contribution in [2.75, 3.05) is 26.7 Å². The summed E-state index contributed by atoms with van der Waals surface area (Å²) < 4.78 is 0. The van der Waals surface area contributed by atoms with Crippen molar-refractivity contribution in [1.82, 2.24) is 26.4 Å². The van der Waals surface area contributed by atoms with Crippen molar-refractivity contribution >= 4 is 18.3 Å². The highest BCUT2D eigenvalue weighted by Gasteiger charge is 2.41. The summed E-state index contributed by atoms with van der Waals surface area (Å²) in [5.41, 5.74) is 7.73. The molecule has 1 amide bonds. The zero-order chi connectivity index (χ0) is 16.9. The number of carbonyl (C=O) groups excluding carboxylic acids is 1. The van der Waals surface area contributed by atoms with Gasteiger partial charge in [0.25, 0.3) is 0 Å². The molecule has 6 nitrogen and oxygen atoms in total. The largest absolute Gasteiger partial charge is 0.353 e. The van der Waals surface area contributed by atoms with Crippen LogP contribution >= 0.6 is 12.4 Å². The summed E-state index contributed by atoms with van der Waals surface area (Å²) in [6, 6.07) is 11.0. The SMILES string of the molecule is CC(CNC(=O)C1NNC2CCNCC21)N(C)Cc1ccccc1.Cl. The number of benzene rings is 1. The van der Waals surface area contributed by atoms with Crippen molar-refractivity contribution in [2.24, 2.45) is 5.92 Å². The highest BCUT2D eigenvalue weighted by molar-refractivity contribution is 5.85. The zero-order valence-corrected chi connectivity index (χ0v) is 15.8. The van der Waals surface area contributed by atoms with Crippen LogP contribution in [-0.2, 0) is 11.3 Å². The Morgan fingerprint density at radius 1 is 1.32 bits per heavy atom. The maximum Gasteiger partial charge on any atom is 0.238 e. The molecule has 0 aromatic heterocycles. The molecule has 3 rings (SSSR count). The Labute approximate surface area is 156 Å². The summed E-state index contributed by atoms with van der Waals surface area (Å²) in [5, 5.41) is 6.50. The van der Waals surface area contributed by atoms with Crippen LogP contribution in [0.1, 0.15) is 18.9 Å². The molecule has 0 radical (unpaired) electrons. The molecule has 0 saturated carbocycles. The molecule has 0 aliphatic carbocycles. The number of nitrogens with one attached hydrogen (secondary N) is 4. The number of nitrogens with zero attached hydrogens (tertiary/aromatic N) is 1. The van der Waals surface area contributed by atoms with Crippen LogP contribution in [0.2, 0.25) is 0 Å². The van der Waals surface area contributed by atoms with E-state index < -0.39 is 0 Å².